The van der Waals surface area contributed by atoms with Crippen LogP contribution in [0.2, 0.25) is 0 Å². The standard InChI is InChI=1S/C14H17N3O2.C9H10BrN3.C5H8O2.2CH4/c1-4-17-12-8-6-11(7-9-13(18)19-5-2)10(3)14(12)15-16-17;1-3-13-8-5-4-7(10)6(2)9(8)11-12-13;1-3-5(6)7-4-2;;/h6-9H,4-5H2,1-3H3;4-5H,3H2,1-2H3;3H,1,4H2,2H3;2*1H4/b9-7+;;;;. The molecule has 0 atom stereocenters. The van der Waals surface area contributed by atoms with Gasteiger partial charge in [-0.15, -0.1) is 10.2 Å². The van der Waals surface area contributed by atoms with Crippen LogP contribution < -0.4 is 0 Å². The van der Waals surface area contributed by atoms with E-state index in [1.807, 2.05) is 54.4 Å². The van der Waals surface area contributed by atoms with Crippen molar-refractivity contribution < 1.29 is 19.1 Å². The molecular weight excluding hydrogens is 588 g/mol. The Kier molecular flexibility index (Phi) is 16.7. The fourth-order valence-electron chi connectivity index (χ4n) is 3.52. The monoisotopic (exact) mass is 630 g/mol. The Morgan fingerprint density at radius 2 is 1.32 bits per heavy atom. The first-order valence-electron chi connectivity index (χ1n) is 12.7. The number of esters is 2. The quantitative estimate of drug-likeness (QED) is 0.161. The van der Waals surface area contributed by atoms with Gasteiger partial charge in [0.05, 0.1) is 24.2 Å². The van der Waals surface area contributed by atoms with Crippen LogP contribution in [0.3, 0.4) is 0 Å². The SMILES string of the molecule is C.C.C=CC(=O)OCC.CCOC(=O)/C=C/c1ccc2c(nnn2CC)c1C.CCn1nnc2c(C)c(Br)ccc21. The summed E-state index contributed by atoms with van der Waals surface area (Å²) in [6.45, 7) is 17.3. The van der Waals surface area contributed by atoms with Crippen molar-refractivity contribution in [3.8, 4) is 0 Å². The molecule has 0 bridgehead atoms. The maximum Gasteiger partial charge on any atom is 0.330 e. The molecule has 224 valence electrons. The molecule has 4 aromatic rings. The molecule has 2 aromatic heterocycles. The lowest BCUT2D eigenvalue weighted by molar-refractivity contribution is -0.138. The molecule has 0 fully saturated rings. The van der Waals surface area contributed by atoms with Gasteiger partial charge in [-0.3, -0.25) is 0 Å². The smallest absolute Gasteiger partial charge is 0.330 e. The summed E-state index contributed by atoms with van der Waals surface area (Å²) in [6, 6.07) is 8.00. The normalized spacial score (nSPS) is 10.0. The minimum atomic E-state index is -0.359. The molecule has 0 spiro atoms. The van der Waals surface area contributed by atoms with Crippen LogP contribution in [0.5, 0.6) is 0 Å². The topological polar surface area (TPSA) is 114 Å². The van der Waals surface area contributed by atoms with Crippen molar-refractivity contribution in [2.45, 2.75) is 69.5 Å². The van der Waals surface area contributed by atoms with Crippen molar-refractivity contribution in [3.05, 3.63) is 64.2 Å². The second-order valence-electron chi connectivity index (χ2n) is 8.04. The zero-order chi connectivity index (χ0) is 28.9. The molecule has 0 aliphatic rings. The van der Waals surface area contributed by atoms with Gasteiger partial charge in [-0.1, -0.05) is 53.9 Å². The van der Waals surface area contributed by atoms with Crippen LogP contribution >= 0.6 is 15.9 Å². The molecule has 2 aromatic carbocycles. The number of aryl methyl sites for hydroxylation is 4. The maximum absolute atomic E-state index is 11.3. The van der Waals surface area contributed by atoms with Crippen LogP contribution in [0.15, 0.2) is 47.5 Å². The fraction of sp³-hybridized carbons (Fsp3) is 0.400. The van der Waals surface area contributed by atoms with Gasteiger partial charge in [0, 0.05) is 29.7 Å². The van der Waals surface area contributed by atoms with Crippen LogP contribution in [0.25, 0.3) is 28.1 Å². The van der Waals surface area contributed by atoms with Gasteiger partial charge in [0.25, 0.3) is 0 Å². The van der Waals surface area contributed by atoms with Crippen molar-refractivity contribution in [2.24, 2.45) is 0 Å². The molecule has 11 heteroatoms. The number of halogens is 1. The molecular formula is C30H43BrN6O4. The van der Waals surface area contributed by atoms with E-state index in [0.29, 0.717) is 13.2 Å². The van der Waals surface area contributed by atoms with Crippen LogP contribution in [0, 0.1) is 13.8 Å². The molecule has 0 amide bonds. The average Bonchev–Trinajstić information content (AvgIpc) is 3.56. The van der Waals surface area contributed by atoms with Gasteiger partial charge in [0.2, 0.25) is 0 Å². The van der Waals surface area contributed by atoms with E-state index in [1.54, 1.807) is 19.9 Å². The third-order valence-corrected chi connectivity index (χ3v) is 6.45. The summed E-state index contributed by atoms with van der Waals surface area (Å²) >= 11 is 3.47. The Balaban J connectivity index is 0.000000634. The molecule has 0 N–H and O–H groups in total. The lowest BCUT2D eigenvalue weighted by Crippen LogP contribution is -1.99. The van der Waals surface area contributed by atoms with E-state index in [9.17, 15) is 9.59 Å². The number of benzene rings is 2. The van der Waals surface area contributed by atoms with Gasteiger partial charge >= 0.3 is 11.9 Å². The Labute approximate surface area is 251 Å². The van der Waals surface area contributed by atoms with Crippen molar-refractivity contribution in [2.75, 3.05) is 13.2 Å². The number of nitrogens with zero attached hydrogens (tertiary/aromatic N) is 6. The first kappa shape index (κ1) is 37.1. The number of hydrogen-bond acceptors (Lipinski definition) is 8. The molecule has 0 saturated heterocycles. The molecule has 0 radical (unpaired) electrons. The lowest BCUT2D eigenvalue weighted by Gasteiger charge is -2.02. The third-order valence-electron chi connectivity index (χ3n) is 5.59. The summed E-state index contributed by atoms with van der Waals surface area (Å²) in [5.41, 5.74) is 7.07. The molecule has 0 aliphatic heterocycles. The Morgan fingerprint density at radius 1 is 0.829 bits per heavy atom. The van der Waals surface area contributed by atoms with Gasteiger partial charge in [-0.2, -0.15) is 0 Å². The lowest BCUT2D eigenvalue weighted by atomic mass is 10.1. The number of aromatic nitrogens is 6. The van der Waals surface area contributed by atoms with Crippen LogP contribution in [0.1, 0.15) is 59.2 Å². The highest BCUT2D eigenvalue weighted by atomic mass is 79.9. The first-order chi connectivity index (χ1) is 18.7. The van der Waals surface area contributed by atoms with E-state index >= 15 is 0 Å². The summed E-state index contributed by atoms with van der Waals surface area (Å²) in [7, 11) is 0. The Hall–Kier alpha value is -3.86. The number of ether oxygens (including phenoxy) is 2. The summed E-state index contributed by atoms with van der Waals surface area (Å²) in [5.74, 6) is -0.693. The largest absolute Gasteiger partial charge is 0.463 e. The molecule has 0 aliphatic carbocycles. The summed E-state index contributed by atoms with van der Waals surface area (Å²) in [6.07, 6.45) is 4.32. The predicted molar refractivity (Wildman–Crippen MR) is 170 cm³/mol. The zero-order valence-electron chi connectivity index (χ0n) is 23.3. The van der Waals surface area contributed by atoms with Gasteiger partial charge < -0.3 is 9.47 Å². The van der Waals surface area contributed by atoms with E-state index in [1.165, 1.54) is 6.08 Å². The first-order valence-corrected chi connectivity index (χ1v) is 13.5. The molecule has 0 saturated carbocycles. The average molecular weight is 632 g/mol. The molecule has 10 nitrogen and oxygen atoms in total. The second kappa shape index (κ2) is 18.5. The van der Waals surface area contributed by atoms with Crippen LogP contribution in [-0.2, 0) is 32.2 Å². The predicted octanol–water partition coefficient (Wildman–Crippen LogP) is 6.87. The van der Waals surface area contributed by atoms with Crippen LogP contribution in [0.4, 0.5) is 0 Å². The number of fused-ring (bicyclic) bond motifs is 2. The van der Waals surface area contributed by atoms with Crippen molar-refractivity contribution in [3.63, 3.8) is 0 Å². The zero-order valence-corrected chi connectivity index (χ0v) is 24.9. The Morgan fingerprint density at radius 3 is 1.78 bits per heavy atom. The van der Waals surface area contributed by atoms with E-state index < -0.39 is 0 Å². The minimum Gasteiger partial charge on any atom is -0.463 e. The van der Waals surface area contributed by atoms with Gasteiger partial charge in [-0.05, 0) is 82.5 Å². The summed E-state index contributed by atoms with van der Waals surface area (Å²) in [4.78, 5) is 21.4. The van der Waals surface area contributed by atoms with Gasteiger partial charge in [-0.25, -0.2) is 19.0 Å². The maximum atomic E-state index is 11.3. The van der Waals surface area contributed by atoms with Gasteiger partial charge in [0.1, 0.15) is 11.0 Å². The fourth-order valence-corrected chi connectivity index (χ4v) is 3.84. The summed E-state index contributed by atoms with van der Waals surface area (Å²) < 4.78 is 14.1. The number of carbonyl (C=O) groups is 2. The molecule has 4 rings (SSSR count). The van der Waals surface area contributed by atoms with E-state index in [4.69, 9.17) is 4.74 Å². The highest BCUT2D eigenvalue weighted by molar-refractivity contribution is 9.10. The second-order valence-corrected chi connectivity index (χ2v) is 8.89. The van der Waals surface area contributed by atoms with E-state index in [-0.39, 0.29) is 26.8 Å². The highest BCUT2D eigenvalue weighted by Gasteiger charge is 2.09. The number of rotatable bonds is 7. The molecule has 0 unspecified atom stereocenters. The van der Waals surface area contributed by atoms with E-state index in [0.717, 1.165) is 62.4 Å². The van der Waals surface area contributed by atoms with E-state index in [2.05, 4.69) is 54.8 Å². The summed E-state index contributed by atoms with van der Waals surface area (Å²) in [5, 5.41) is 16.5. The number of carbonyl (C=O) groups excluding carboxylic acids is 2. The van der Waals surface area contributed by atoms with Crippen LogP contribution in [-0.4, -0.2) is 55.1 Å². The molecule has 41 heavy (non-hydrogen) atoms. The number of hydrogen-bond donors (Lipinski definition) is 0. The van der Waals surface area contributed by atoms with Gasteiger partial charge in [0.15, 0.2) is 0 Å². The minimum absolute atomic E-state index is 0. The Bertz CT molecular complexity index is 1460. The van der Waals surface area contributed by atoms with Crippen molar-refractivity contribution in [1.82, 2.24) is 30.0 Å². The van der Waals surface area contributed by atoms with Crippen molar-refractivity contribution >= 4 is 56.0 Å². The highest BCUT2D eigenvalue weighted by Crippen LogP contribution is 2.23. The molecule has 2 heterocycles. The third kappa shape index (κ3) is 9.93. The van der Waals surface area contributed by atoms with Crippen molar-refractivity contribution in [1.29, 1.82) is 0 Å².